The molecule has 2 aromatic heterocycles. The van der Waals surface area contributed by atoms with Crippen LogP contribution in [0.3, 0.4) is 0 Å². The maximum Gasteiger partial charge on any atom is 0.338 e. The molecule has 0 amide bonds. The molecule has 2 heterocycles. The van der Waals surface area contributed by atoms with Crippen molar-refractivity contribution in [2.75, 3.05) is 6.61 Å². The maximum atomic E-state index is 11.7. The molecule has 5 heteroatoms. The summed E-state index contributed by atoms with van der Waals surface area (Å²) in [5, 5.41) is 5.32. The summed E-state index contributed by atoms with van der Waals surface area (Å²) in [5.41, 5.74) is 3.37. The number of aryl methyl sites for hydroxylation is 1. The van der Waals surface area contributed by atoms with Crippen LogP contribution in [0.4, 0.5) is 0 Å². The van der Waals surface area contributed by atoms with Crippen molar-refractivity contribution in [3.8, 4) is 0 Å². The minimum Gasteiger partial charge on any atom is -0.462 e. The number of aromatic amines is 1. The largest absolute Gasteiger partial charge is 0.462 e. The number of benzene rings is 1. The summed E-state index contributed by atoms with van der Waals surface area (Å²) < 4.78 is 6.74. The molecule has 5 nitrogen and oxygen atoms in total. The lowest BCUT2D eigenvalue weighted by Crippen LogP contribution is -2.04. The van der Waals surface area contributed by atoms with Crippen LogP contribution < -0.4 is 0 Å². The van der Waals surface area contributed by atoms with Crippen LogP contribution in [0.15, 0.2) is 24.4 Å². The smallest absolute Gasteiger partial charge is 0.338 e. The van der Waals surface area contributed by atoms with Gasteiger partial charge in [-0.05, 0) is 25.1 Å². The van der Waals surface area contributed by atoms with Crippen LogP contribution in [0, 0.1) is 0 Å². The Bertz CT molecular complexity index is 739. The number of hydrogen-bond donors (Lipinski definition) is 1. The molecule has 0 aliphatic heterocycles. The predicted molar refractivity (Wildman–Crippen MR) is 68.5 cm³/mol. The number of H-pyrrole nitrogens is 1. The predicted octanol–water partition coefficient (Wildman–Crippen LogP) is 2.23. The van der Waals surface area contributed by atoms with E-state index in [1.165, 1.54) is 0 Å². The van der Waals surface area contributed by atoms with Crippen molar-refractivity contribution >= 4 is 27.9 Å². The number of rotatable bonds is 2. The second-order valence-corrected chi connectivity index (χ2v) is 4.17. The molecule has 1 N–H and O–H groups in total. The number of nitrogens with one attached hydrogen (secondary N) is 1. The number of carbonyl (C=O) groups excluding carboxylic acids is 1. The van der Waals surface area contributed by atoms with Gasteiger partial charge in [0.05, 0.1) is 17.7 Å². The number of esters is 1. The molecule has 0 fully saturated rings. The number of ether oxygens (including phenoxy) is 1. The molecular weight excluding hydrogens is 230 g/mol. The number of hydrogen-bond acceptors (Lipinski definition) is 3. The van der Waals surface area contributed by atoms with Gasteiger partial charge in [-0.1, -0.05) is 0 Å². The van der Waals surface area contributed by atoms with Crippen molar-refractivity contribution in [1.82, 2.24) is 14.8 Å². The molecule has 0 radical (unpaired) electrons. The fourth-order valence-electron chi connectivity index (χ4n) is 2.11. The van der Waals surface area contributed by atoms with Crippen molar-refractivity contribution < 1.29 is 9.53 Å². The highest BCUT2D eigenvalue weighted by atomic mass is 16.5. The van der Waals surface area contributed by atoms with E-state index in [0.29, 0.717) is 12.2 Å². The molecule has 0 spiro atoms. The van der Waals surface area contributed by atoms with Gasteiger partial charge in [0, 0.05) is 24.1 Å². The molecule has 0 bridgehead atoms. The normalized spacial score (nSPS) is 11.2. The first kappa shape index (κ1) is 10.8. The lowest BCUT2D eigenvalue weighted by Gasteiger charge is -2.01. The maximum absolute atomic E-state index is 11.7. The van der Waals surface area contributed by atoms with E-state index in [1.807, 2.05) is 25.4 Å². The molecular formula is C13H13N3O2. The van der Waals surface area contributed by atoms with Gasteiger partial charge in [-0.15, -0.1) is 0 Å². The summed E-state index contributed by atoms with van der Waals surface area (Å²) in [6.07, 6.45) is 1.92. The number of fused-ring (bicyclic) bond motifs is 3. The lowest BCUT2D eigenvalue weighted by molar-refractivity contribution is 0.0526. The standard InChI is InChI=1S/C13H13N3O2/c1-3-18-13(17)8-4-5-10-9(6-8)12-11(14-10)7-16(2)15-12/h4-7,14H,3H2,1-2H3. The Morgan fingerprint density at radius 1 is 1.44 bits per heavy atom. The minimum absolute atomic E-state index is 0.301. The van der Waals surface area contributed by atoms with Crippen LogP contribution in [0.25, 0.3) is 21.9 Å². The van der Waals surface area contributed by atoms with E-state index in [-0.39, 0.29) is 5.97 Å². The van der Waals surface area contributed by atoms with Crippen molar-refractivity contribution in [2.24, 2.45) is 7.05 Å². The molecule has 1 aromatic carbocycles. The summed E-state index contributed by atoms with van der Waals surface area (Å²) >= 11 is 0. The van der Waals surface area contributed by atoms with E-state index in [0.717, 1.165) is 21.9 Å². The Morgan fingerprint density at radius 2 is 2.28 bits per heavy atom. The molecule has 3 aromatic rings. The van der Waals surface area contributed by atoms with E-state index in [9.17, 15) is 4.79 Å². The van der Waals surface area contributed by atoms with Crippen LogP contribution >= 0.6 is 0 Å². The molecule has 3 rings (SSSR count). The first-order chi connectivity index (χ1) is 8.69. The molecule has 0 atom stereocenters. The molecule has 18 heavy (non-hydrogen) atoms. The Hall–Kier alpha value is -2.30. The molecule has 0 aliphatic carbocycles. The summed E-state index contributed by atoms with van der Waals surface area (Å²) in [6, 6.07) is 5.46. The monoisotopic (exact) mass is 243 g/mol. The zero-order valence-electron chi connectivity index (χ0n) is 10.2. The van der Waals surface area contributed by atoms with Gasteiger partial charge in [0.25, 0.3) is 0 Å². The van der Waals surface area contributed by atoms with Crippen molar-refractivity contribution in [2.45, 2.75) is 6.92 Å². The fraction of sp³-hybridized carbons (Fsp3) is 0.231. The third-order valence-electron chi connectivity index (χ3n) is 2.88. The average Bonchev–Trinajstić information content (AvgIpc) is 2.84. The van der Waals surface area contributed by atoms with Gasteiger partial charge in [0.1, 0.15) is 5.52 Å². The minimum atomic E-state index is -0.301. The summed E-state index contributed by atoms with van der Waals surface area (Å²) in [5.74, 6) is -0.301. The highest BCUT2D eigenvalue weighted by molar-refractivity contribution is 6.07. The van der Waals surface area contributed by atoms with Crippen LogP contribution in [0.2, 0.25) is 0 Å². The molecule has 0 saturated heterocycles. The number of carbonyl (C=O) groups is 1. The van der Waals surface area contributed by atoms with Gasteiger partial charge in [-0.25, -0.2) is 4.79 Å². The summed E-state index contributed by atoms with van der Waals surface area (Å²) in [4.78, 5) is 15.0. The first-order valence-corrected chi connectivity index (χ1v) is 5.81. The van der Waals surface area contributed by atoms with Crippen molar-refractivity contribution in [3.05, 3.63) is 30.0 Å². The van der Waals surface area contributed by atoms with Gasteiger partial charge >= 0.3 is 5.97 Å². The van der Waals surface area contributed by atoms with Crippen LogP contribution in [-0.2, 0) is 11.8 Å². The van der Waals surface area contributed by atoms with E-state index in [1.54, 1.807) is 17.7 Å². The Balaban J connectivity index is 2.19. The van der Waals surface area contributed by atoms with Gasteiger partial charge in [-0.3, -0.25) is 4.68 Å². The Morgan fingerprint density at radius 3 is 3.06 bits per heavy atom. The van der Waals surface area contributed by atoms with Crippen LogP contribution in [-0.4, -0.2) is 27.3 Å². The van der Waals surface area contributed by atoms with Crippen molar-refractivity contribution in [3.63, 3.8) is 0 Å². The third kappa shape index (κ3) is 1.55. The van der Waals surface area contributed by atoms with Gasteiger partial charge in [0.15, 0.2) is 0 Å². The van der Waals surface area contributed by atoms with Crippen LogP contribution in [0.1, 0.15) is 17.3 Å². The molecule has 0 unspecified atom stereocenters. The highest BCUT2D eigenvalue weighted by Crippen LogP contribution is 2.25. The SMILES string of the molecule is CCOC(=O)c1ccc2[nH]c3cn(C)nc3c2c1. The van der Waals surface area contributed by atoms with Gasteiger partial charge in [-0.2, -0.15) is 5.10 Å². The van der Waals surface area contributed by atoms with Gasteiger partial charge in [0.2, 0.25) is 0 Å². The second kappa shape index (κ2) is 3.87. The number of nitrogens with zero attached hydrogens (tertiary/aromatic N) is 2. The zero-order valence-corrected chi connectivity index (χ0v) is 10.2. The first-order valence-electron chi connectivity index (χ1n) is 5.81. The van der Waals surface area contributed by atoms with E-state index >= 15 is 0 Å². The molecule has 92 valence electrons. The number of aromatic nitrogens is 3. The molecule has 0 saturated carbocycles. The summed E-state index contributed by atoms with van der Waals surface area (Å²) in [7, 11) is 1.87. The third-order valence-corrected chi connectivity index (χ3v) is 2.88. The zero-order chi connectivity index (χ0) is 12.7. The second-order valence-electron chi connectivity index (χ2n) is 4.17. The van der Waals surface area contributed by atoms with E-state index < -0.39 is 0 Å². The van der Waals surface area contributed by atoms with Crippen LogP contribution in [0.5, 0.6) is 0 Å². The lowest BCUT2D eigenvalue weighted by atomic mass is 10.1. The summed E-state index contributed by atoms with van der Waals surface area (Å²) in [6.45, 7) is 2.17. The quantitative estimate of drug-likeness (QED) is 0.702. The topological polar surface area (TPSA) is 59.9 Å². The molecule has 0 aliphatic rings. The van der Waals surface area contributed by atoms with E-state index in [4.69, 9.17) is 4.74 Å². The van der Waals surface area contributed by atoms with Crippen molar-refractivity contribution in [1.29, 1.82) is 0 Å². The van der Waals surface area contributed by atoms with E-state index in [2.05, 4.69) is 10.1 Å². The van der Waals surface area contributed by atoms with Gasteiger partial charge < -0.3 is 9.72 Å². The fourth-order valence-corrected chi connectivity index (χ4v) is 2.11. The average molecular weight is 243 g/mol. The highest BCUT2D eigenvalue weighted by Gasteiger charge is 2.12. The Kier molecular flexibility index (Phi) is 2.33. The Labute approximate surface area is 103 Å².